The van der Waals surface area contributed by atoms with Crippen molar-refractivity contribution in [3.05, 3.63) is 46.7 Å². The second-order valence-electron chi connectivity index (χ2n) is 5.08. The zero-order valence-corrected chi connectivity index (χ0v) is 14.2. The lowest BCUT2D eigenvalue weighted by molar-refractivity contribution is 0.171. The van der Waals surface area contributed by atoms with E-state index in [0.717, 1.165) is 10.2 Å². The standard InChI is InChI=1S/C16H16BrN3O3/c1-20(10-11-4-2-3-5-18-11)16(21)19-13-9-15-14(8-12(13)17)22-6-7-23-15/h2-5,8-9H,6-7,10H2,1H3,(H,19,21). The van der Waals surface area contributed by atoms with Crippen molar-refractivity contribution < 1.29 is 14.3 Å². The molecule has 2 heterocycles. The molecule has 1 aromatic heterocycles. The predicted octanol–water partition coefficient (Wildman–Crippen LogP) is 3.28. The molecule has 0 saturated carbocycles. The predicted molar refractivity (Wildman–Crippen MR) is 89.9 cm³/mol. The summed E-state index contributed by atoms with van der Waals surface area (Å²) in [5.41, 5.74) is 1.46. The number of rotatable bonds is 3. The summed E-state index contributed by atoms with van der Waals surface area (Å²) in [6.45, 7) is 1.45. The summed E-state index contributed by atoms with van der Waals surface area (Å²) < 4.78 is 11.8. The second kappa shape index (κ2) is 6.87. The monoisotopic (exact) mass is 377 g/mol. The van der Waals surface area contributed by atoms with Crippen LogP contribution in [-0.2, 0) is 6.54 Å². The Morgan fingerprint density at radius 2 is 2.04 bits per heavy atom. The smallest absolute Gasteiger partial charge is 0.321 e. The lowest BCUT2D eigenvalue weighted by Crippen LogP contribution is -2.31. The fourth-order valence-electron chi connectivity index (χ4n) is 2.18. The average molecular weight is 378 g/mol. The molecule has 23 heavy (non-hydrogen) atoms. The van der Waals surface area contributed by atoms with E-state index in [2.05, 4.69) is 26.2 Å². The molecule has 1 aliphatic rings. The summed E-state index contributed by atoms with van der Waals surface area (Å²) in [7, 11) is 1.72. The van der Waals surface area contributed by atoms with E-state index in [-0.39, 0.29) is 6.03 Å². The summed E-state index contributed by atoms with van der Waals surface area (Å²) in [4.78, 5) is 18.1. The number of halogens is 1. The quantitative estimate of drug-likeness (QED) is 0.891. The number of fused-ring (bicyclic) bond motifs is 1. The number of ether oxygens (including phenoxy) is 2. The van der Waals surface area contributed by atoms with Crippen LogP contribution >= 0.6 is 15.9 Å². The van der Waals surface area contributed by atoms with Crippen LogP contribution in [0.5, 0.6) is 11.5 Å². The van der Waals surface area contributed by atoms with Crippen LogP contribution in [0.3, 0.4) is 0 Å². The molecule has 6 nitrogen and oxygen atoms in total. The summed E-state index contributed by atoms with van der Waals surface area (Å²) in [6.07, 6.45) is 1.71. The topological polar surface area (TPSA) is 63.7 Å². The molecule has 0 radical (unpaired) electrons. The van der Waals surface area contributed by atoms with Crippen LogP contribution < -0.4 is 14.8 Å². The van der Waals surface area contributed by atoms with Crippen LogP contribution in [0.2, 0.25) is 0 Å². The minimum absolute atomic E-state index is 0.229. The molecule has 3 rings (SSSR count). The van der Waals surface area contributed by atoms with E-state index in [9.17, 15) is 4.79 Å². The van der Waals surface area contributed by atoms with E-state index in [1.54, 1.807) is 30.3 Å². The molecule has 7 heteroatoms. The Labute approximate surface area is 142 Å². The summed E-state index contributed by atoms with van der Waals surface area (Å²) in [5, 5.41) is 2.86. The molecule has 2 aromatic rings. The zero-order chi connectivity index (χ0) is 16.2. The minimum Gasteiger partial charge on any atom is -0.486 e. The number of anilines is 1. The Morgan fingerprint density at radius 1 is 1.30 bits per heavy atom. The van der Waals surface area contributed by atoms with Crippen LogP contribution in [0, 0.1) is 0 Å². The van der Waals surface area contributed by atoms with Crippen LogP contribution in [-0.4, -0.2) is 36.2 Å². The van der Waals surface area contributed by atoms with Gasteiger partial charge in [0.05, 0.1) is 17.9 Å². The molecule has 0 atom stereocenters. The van der Waals surface area contributed by atoms with Crippen LogP contribution in [0.4, 0.5) is 10.5 Å². The number of carbonyl (C=O) groups excluding carboxylic acids is 1. The number of nitrogens with zero attached hydrogens (tertiary/aromatic N) is 2. The first-order valence-corrected chi connectivity index (χ1v) is 7.94. The van der Waals surface area contributed by atoms with Crippen LogP contribution in [0.1, 0.15) is 5.69 Å². The molecule has 1 aromatic carbocycles. The van der Waals surface area contributed by atoms with Gasteiger partial charge in [-0.2, -0.15) is 0 Å². The first-order chi connectivity index (χ1) is 11.1. The van der Waals surface area contributed by atoms with Crippen LogP contribution in [0.15, 0.2) is 41.0 Å². The second-order valence-corrected chi connectivity index (χ2v) is 5.94. The Bertz CT molecular complexity index is 709. The number of amides is 2. The molecule has 0 bridgehead atoms. The lowest BCUT2D eigenvalue weighted by atomic mass is 10.2. The number of hydrogen-bond acceptors (Lipinski definition) is 4. The number of pyridine rings is 1. The highest BCUT2D eigenvalue weighted by molar-refractivity contribution is 9.10. The fraction of sp³-hybridized carbons (Fsp3) is 0.250. The molecule has 2 amide bonds. The Morgan fingerprint density at radius 3 is 2.74 bits per heavy atom. The third-order valence-corrected chi connectivity index (χ3v) is 4.00. The number of hydrogen-bond donors (Lipinski definition) is 1. The molecule has 0 saturated heterocycles. The average Bonchev–Trinajstić information content (AvgIpc) is 2.56. The highest BCUT2D eigenvalue weighted by Crippen LogP contribution is 2.38. The maximum absolute atomic E-state index is 12.3. The van der Waals surface area contributed by atoms with Gasteiger partial charge >= 0.3 is 6.03 Å². The van der Waals surface area contributed by atoms with Crippen molar-refractivity contribution in [1.82, 2.24) is 9.88 Å². The van der Waals surface area contributed by atoms with Gasteiger partial charge in [0.1, 0.15) is 13.2 Å². The molecule has 120 valence electrons. The van der Waals surface area contributed by atoms with Crippen molar-refractivity contribution in [3.8, 4) is 11.5 Å². The van der Waals surface area contributed by atoms with Crippen molar-refractivity contribution in [2.45, 2.75) is 6.54 Å². The third-order valence-electron chi connectivity index (χ3n) is 3.35. The first-order valence-electron chi connectivity index (χ1n) is 7.14. The Hall–Kier alpha value is -2.28. The van der Waals surface area contributed by atoms with Gasteiger partial charge in [-0.3, -0.25) is 4.98 Å². The van der Waals surface area contributed by atoms with Gasteiger partial charge in [0.25, 0.3) is 0 Å². The van der Waals surface area contributed by atoms with E-state index < -0.39 is 0 Å². The third kappa shape index (κ3) is 3.73. The summed E-state index contributed by atoms with van der Waals surface area (Å²) >= 11 is 3.44. The largest absolute Gasteiger partial charge is 0.486 e. The van der Waals surface area contributed by atoms with E-state index in [1.165, 1.54) is 0 Å². The Balaban J connectivity index is 1.70. The lowest BCUT2D eigenvalue weighted by Gasteiger charge is -2.21. The summed E-state index contributed by atoms with van der Waals surface area (Å²) in [6, 6.07) is 8.94. The number of aromatic nitrogens is 1. The van der Waals surface area contributed by atoms with E-state index >= 15 is 0 Å². The van der Waals surface area contributed by atoms with Gasteiger partial charge in [-0.25, -0.2) is 4.79 Å². The number of urea groups is 1. The molecule has 1 N–H and O–H groups in total. The molecule has 0 aliphatic carbocycles. The maximum atomic E-state index is 12.3. The van der Waals surface area contributed by atoms with Gasteiger partial charge in [-0.05, 0) is 28.1 Å². The number of carbonyl (C=O) groups is 1. The number of benzene rings is 1. The van der Waals surface area contributed by atoms with Gasteiger partial charge in [-0.15, -0.1) is 0 Å². The van der Waals surface area contributed by atoms with E-state index in [0.29, 0.717) is 36.9 Å². The van der Waals surface area contributed by atoms with Crippen molar-refractivity contribution in [3.63, 3.8) is 0 Å². The van der Waals surface area contributed by atoms with E-state index in [4.69, 9.17) is 9.47 Å². The molecular formula is C16H16BrN3O3. The highest BCUT2D eigenvalue weighted by Gasteiger charge is 2.17. The van der Waals surface area contributed by atoms with Crippen LogP contribution in [0.25, 0.3) is 0 Å². The molecule has 0 unspecified atom stereocenters. The highest BCUT2D eigenvalue weighted by atomic mass is 79.9. The van der Waals surface area contributed by atoms with Gasteiger partial charge in [0, 0.05) is 29.8 Å². The molecule has 1 aliphatic heterocycles. The van der Waals surface area contributed by atoms with Gasteiger partial charge in [0.2, 0.25) is 0 Å². The van der Waals surface area contributed by atoms with Crippen molar-refractivity contribution in [2.75, 3.05) is 25.6 Å². The molecule has 0 spiro atoms. The van der Waals surface area contributed by atoms with Gasteiger partial charge in [0.15, 0.2) is 11.5 Å². The van der Waals surface area contributed by atoms with Crippen molar-refractivity contribution >= 4 is 27.6 Å². The van der Waals surface area contributed by atoms with Crippen molar-refractivity contribution in [2.24, 2.45) is 0 Å². The van der Waals surface area contributed by atoms with Gasteiger partial charge < -0.3 is 19.7 Å². The summed E-state index contributed by atoms with van der Waals surface area (Å²) in [5.74, 6) is 1.30. The number of nitrogens with one attached hydrogen (secondary N) is 1. The molecule has 0 fully saturated rings. The molecular weight excluding hydrogens is 362 g/mol. The Kier molecular flexibility index (Phi) is 4.66. The zero-order valence-electron chi connectivity index (χ0n) is 12.6. The SMILES string of the molecule is CN(Cc1ccccn1)C(=O)Nc1cc2c(cc1Br)OCCO2. The first kappa shape index (κ1) is 15.6. The fourth-order valence-corrected chi connectivity index (χ4v) is 2.60. The van der Waals surface area contributed by atoms with E-state index in [1.807, 2.05) is 18.2 Å². The maximum Gasteiger partial charge on any atom is 0.321 e. The normalized spacial score (nSPS) is 12.6. The van der Waals surface area contributed by atoms with Crippen molar-refractivity contribution in [1.29, 1.82) is 0 Å². The van der Waals surface area contributed by atoms with Gasteiger partial charge in [-0.1, -0.05) is 6.07 Å². The minimum atomic E-state index is -0.229.